The highest BCUT2D eigenvalue weighted by Crippen LogP contribution is 2.23. The van der Waals surface area contributed by atoms with E-state index < -0.39 is 0 Å². The third-order valence-electron chi connectivity index (χ3n) is 2.97. The van der Waals surface area contributed by atoms with Crippen LogP contribution in [0.5, 0.6) is 0 Å². The van der Waals surface area contributed by atoms with Crippen LogP contribution in [0.4, 0.5) is 11.4 Å². The number of nitrogens with zero attached hydrogens (tertiary/aromatic N) is 1. The molecule has 96 valence electrons. The summed E-state index contributed by atoms with van der Waals surface area (Å²) in [5.74, 6) is 0. The van der Waals surface area contributed by atoms with E-state index in [0.717, 1.165) is 28.8 Å². The Bertz CT molecular complexity index is 618. The van der Waals surface area contributed by atoms with Crippen LogP contribution in [-0.2, 0) is 4.79 Å². The minimum absolute atomic E-state index is 0.441. The topological polar surface area (TPSA) is 41.5 Å². The summed E-state index contributed by atoms with van der Waals surface area (Å²) >= 11 is 0. The van der Waals surface area contributed by atoms with Crippen LogP contribution >= 0.6 is 0 Å². The molecule has 0 spiro atoms. The molecule has 2 aromatic rings. The van der Waals surface area contributed by atoms with E-state index in [1.165, 1.54) is 0 Å². The third-order valence-corrected chi connectivity index (χ3v) is 2.97. The van der Waals surface area contributed by atoms with Gasteiger partial charge in [0.1, 0.15) is 5.71 Å². The Balaban J connectivity index is 2.41. The summed E-state index contributed by atoms with van der Waals surface area (Å²) < 4.78 is 0. The summed E-state index contributed by atoms with van der Waals surface area (Å²) in [5, 5.41) is 3.35. The maximum atomic E-state index is 11.0. The van der Waals surface area contributed by atoms with Gasteiger partial charge in [-0.25, -0.2) is 0 Å². The molecule has 0 saturated heterocycles. The molecule has 0 bridgehead atoms. The molecule has 3 nitrogen and oxygen atoms in total. The fourth-order valence-corrected chi connectivity index (χ4v) is 1.91. The van der Waals surface area contributed by atoms with Gasteiger partial charge in [-0.05, 0) is 24.6 Å². The van der Waals surface area contributed by atoms with Crippen molar-refractivity contribution in [3.8, 4) is 0 Å². The molecule has 0 unspecified atom stereocenters. The van der Waals surface area contributed by atoms with E-state index in [2.05, 4.69) is 10.3 Å². The van der Waals surface area contributed by atoms with Crippen molar-refractivity contribution >= 4 is 23.4 Å². The van der Waals surface area contributed by atoms with Gasteiger partial charge in [-0.1, -0.05) is 36.4 Å². The monoisotopic (exact) mass is 252 g/mol. The summed E-state index contributed by atoms with van der Waals surface area (Å²) in [6.07, 6.45) is 0.776. The van der Waals surface area contributed by atoms with Crippen molar-refractivity contribution < 1.29 is 4.79 Å². The number of aryl methyl sites for hydroxylation is 1. The summed E-state index contributed by atoms with van der Waals surface area (Å²) in [4.78, 5) is 15.1. The lowest BCUT2D eigenvalue weighted by Gasteiger charge is -2.13. The maximum absolute atomic E-state index is 11.0. The normalized spacial score (nSPS) is 11.2. The van der Waals surface area contributed by atoms with Gasteiger partial charge in [0, 0.05) is 24.0 Å². The minimum atomic E-state index is 0.441. The van der Waals surface area contributed by atoms with Gasteiger partial charge in [0.2, 0.25) is 0 Å². The standard InChI is InChI=1S/C16H16N2O/c1-12-7-3-5-9-14(12)18-15-10-6-4-8-13(15)16(11-19)17-2/h3-11,18H,1-2H3. The molecule has 0 amide bonds. The predicted molar refractivity (Wildman–Crippen MR) is 79.4 cm³/mol. The van der Waals surface area contributed by atoms with Crippen molar-refractivity contribution in [3.05, 3.63) is 59.7 Å². The first kappa shape index (κ1) is 13.0. The van der Waals surface area contributed by atoms with Crippen LogP contribution in [-0.4, -0.2) is 19.0 Å². The lowest BCUT2D eigenvalue weighted by Crippen LogP contribution is -2.06. The largest absolute Gasteiger partial charge is 0.355 e. The Morgan fingerprint density at radius 1 is 1.05 bits per heavy atom. The second-order valence-corrected chi connectivity index (χ2v) is 4.21. The van der Waals surface area contributed by atoms with E-state index in [-0.39, 0.29) is 0 Å². The molecule has 2 aromatic carbocycles. The van der Waals surface area contributed by atoms with Gasteiger partial charge < -0.3 is 5.32 Å². The van der Waals surface area contributed by atoms with E-state index in [9.17, 15) is 4.79 Å². The number of hydrogen-bond donors (Lipinski definition) is 1. The van der Waals surface area contributed by atoms with Gasteiger partial charge in [-0.3, -0.25) is 9.79 Å². The van der Waals surface area contributed by atoms with Crippen molar-refractivity contribution in [1.82, 2.24) is 0 Å². The lowest BCUT2D eigenvalue weighted by atomic mass is 10.1. The van der Waals surface area contributed by atoms with Crippen LogP contribution in [0.15, 0.2) is 53.5 Å². The molecule has 0 saturated carbocycles. The molecule has 3 heteroatoms. The zero-order valence-electron chi connectivity index (χ0n) is 11.1. The summed E-state index contributed by atoms with van der Waals surface area (Å²) in [7, 11) is 1.62. The molecule has 0 radical (unpaired) electrons. The summed E-state index contributed by atoms with van der Waals surface area (Å²) in [6.45, 7) is 2.04. The SMILES string of the molecule is CN=C(C=O)c1ccccc1Nc1ccccc1C. The minimum Gasteiger partial charge on any atom is -0.355 e. The van der Waals surface area contributed by atoms with Gasteiger partial charge in [-0.15, -0.1) is 0 Å². The van der Waals surface area contributed by atoms with Crippen LogP contribution in [0.2, 0.25) is 0 Å². The number of aldehydes is 1. The Morgan fingerprint density at radius 2 is 1.68 bits per heavy atom. The number of carbonyl (C=O) groups is 1. The third kappa shape index (κ3) is 2.88. The Morgan fingerprint density at radius 3 is 2.32 bits per heavy atom. The second kappa shape index (κ2) is 5.96. The fourth-order valence-electron chi connectivity index (χ4n) is 1.91. The number of rotatable bonds is 4. The van der Waals surface area contributed by atoms with Crippen LogP contribution < -0.4 is 5.32 Å². The van der Waals surface area contributed by atoms with E-state index >= 15 is 0 Å². The smallest absolute Gasteiger partial charge is 0.168 e. The van der Waals surface area contributed by atoms with Crippen LogP contribution in [0.25, 0.3) is 0 Å². The zero-order chi connectivity index (χ0) is 13.7. The van der Waals surface area contributed by atoms with Crippen LogP contribution in [0.1, 0.15) is 11.1 Å². The second-order valence-electron chi connectivity index (χ2n) is 4.21. The number of nitrogens with one attached hydrogen (secondary N) is 1. The van der Waals surface area contributed by atoms with Crippen LogP contribution in [0, 0.1) is 6.92 Å². The van der Waals surface area contributed by atoms with E-state index in [4.69, 9.17) is 0 Å². The summed E-state index contributed by atoms with van der Waals surface area (Å²) in [6, 6.07) is 15.7. The quantitative estimate of drug-likeness (QED) is 0.669. The van der Waals surface area contributed by atoms with Crippen molar-refractivity contribution in [2.24, 2.45) is 4.99 Å². The molecule has 0 atom stereocenters. The first-order valence-electron chi connectivity index (χ1n) is 6.10. The number of hydrogen-bond acceptors (Lipinski definition) is 3. The summed E-state index contributed by atoms with van der Waals surface area (Å²) in [5.41, 5.74) is 4.30. The molecule has 0 aliphatic carbocycles. The molecule has 19 heavy (non-hydrogen) atoms. The van der Waals surface area contributed by atoms with E-state index in [0.29, 0.717) is 5.71 Å². The molecule has 1 N–H and O–H groups in total. The molecular weight excluding hydrogens is 236 g/mol. The number of carbonyl (C=O) groups excluding carboxylic acids is 1. The first-order valence-corrected chi connectivity index (χ1v) is 6.10. The lowest BCUT2D eigenvalue weighted by molar-refractivity contribution is -0.102. The first-order chi connectivity index (χ1) is 9.26. The maximum Gasteiger partial charge on any atom is 0.168 e. The molecule has 0 fully saturated rings. The van der Waals surface area contributed by atoms with Crippen molar-refractivity contribution in [2.45, 2.75) is 6.92 Å². The Kier molecular flexibility index (Phi) is 4.08. The zero-order valence-corrected chi connectivity index (χ0v) is 11.1. The molecule has 0 aromatic heterocycles. The highest BCUT2D eigenvalue weighted by atomic mass is 16.1. The Labute approximate surface area is 113 Å². The Hall–Kier alpha value is -2.42. The number of para-hydroxylation sites is 2. The van der Waals surface area contributed by atoms with Gasteiger partial charge in [0.25, 0.3) is 0 Å². The highest BCUT2D eigenvalue weighted by Gasteiger charge is 2.08. The average molecular weight is 252 g/mol. The van der Waals surface area contributed by atoms with E-state index in [1.54, 1.807) is 7.05 Å². The highest BCUT2D eigenvalue weighted by molar-refractivity contribution is 6.37. The van der Waals surface area contributed by atoms with Gasteiger partial charge in [-0.2, -0.15) is 0 Å². The number of benzene rings is 2. The van der Waals surface area contributed by atoms with Crippen molar-refractivity contribution in [2.75, 3.05) is 12.4 Å². The average Bonchev–Trinajstić information content (AvgIpc) is 2.44. The number of aliphatic imine (C=N–C) groups is 1. The molecule has 0 aliphatic rings. The fraction of sp³-hybridized carbons (Fsp3) is 0.125. The van der Waals surface area contributed by atoms with Crippen molar-refractivity contribution in [3.63, 3.8) is 0 Å². The van der Waals surface area contributed by atoms with Gasteiger partial charge >= 0.3 is 0 Å². The molecule has 2 rings (SSSR count). The van der Waals surface area contributed by atoms with Crippen LogP contribution in [0.3, 0.4) is 0 Å². The molecule has 0 heterocycles. The molecule has 0 aliphatic heterocycles. The van der Waals surface area contributed by atoms with Gasteiger partial charge in [0.05, 0.1) is 0 Å². The van der Waals surface area contributed by atoms with E-state index in [1.807, 2.05) is 55.5 Å². The van der Waals surface area contributed by atoms with Crippen molar-refractivity contribution in [1.29, 1.82) is 0 Å². The predicted octanol–water partition coefficient (Wildman–Crippen LogP) is 3.36. The van der Waals surface area contributed by atoms with Gasteiger partial charge in [0.15, 0.2) is 6.29 Å². The molecular formula is C16H16N2O. The number of anilines is 2.